The second-order valence-electron chi connectivity index (χ2n) is 6.10. The molecule has 2 rings (SSSR count). The van der Waals surface area contributed by atoms with E-state index in [2.05, 4.69) is 0 Å². The Morgan fingerprint density at radius 1 is 1.32 bits per heavy atom. The van der Waals surface area contributed by atoms with Crippen molar-refractivity contribution in [1.82, 2.24) is 4.90 Å². The number of likely N-dealkylation sites (tertiary alicyclic amines) is 1. The first-order chi connectivity index (χ1) is 8.79. The molecule has 2 saturated heterocycles. The van der Waals surface area contributed by atoms with Gasteiger partial charge in [0.15, 0.2) is 0 Å². The maximum Gasteiger partial charge on any atom is 0.410 e. The van der Waals surface area contributed by atoms with Crippen molar-refractivity contribution in [2.24, 2.45) is 5.92 Å². The maximum atomic E-state index is 12.1. The standard InChI is InChI=1S/C13H21NO5/c1-13(2,3)19-12(17)14-6-4-8(11(15)16)10-9(14)5-7-18-10/h8-10H,4-7H2,1-3H3,(H,15,16)/t8-,9-,10-/m1/s1. The van der Waals surface area contributed by atoms with Gasteiger partial charge in [0.2, 0.25) is 0 Å². The number of carboxylic acid groups (broad SMARTS) is 1. The Kier molecular flexibility index (Phi) is 3.71. The number of aliphatic carboxylic acids is 1. The van der Waals surface area contributed by atoms with Gasteiger partial charge >= 0.3 is 12.1 Å². The molecule has 0 aromatic heterocycles. The summed E-state index contributed by atoms with van der Waals surface area (Å²) in [4.78, 5) is 24.9. The van der Waals surface area contributed by atoms with Crippen LogP contribution in [-0.2, 0) is 14.3 Å². The molecule has 2 aliphatic rings. The molecule has 2 fully saturated rings. The monoisotopic (exact) mass is 271 g/mol. The van der Waals surface area contributed by atoms with Gasteiger partial charge < -0.3 is 19.5 Å². The van der Waals surface area contributed by atoms with E-state index in [4.69, 9.17) is 9.47 Å². The summed E-state index contributed by atoms with van der Waals surface area (Å²) in [5.41, 5.74) is -0.546. The van der Waals surface area contributed by atoms with E-state index in [1.807, 2.05) is 20.8 Å². The summed E-state index contributed by atoms with van der Waals surface area (Å²) < 4.78 is 10.9. The van der Waals surface area contributed by atoms with Crippen molar-refractivity contribution in [2.75, 3.05) is 13.2 Å². The Bertz CT molecular complexity index is 376. The van der Waals surface area contributed by atoms with Gasteiger partial charge in [-0.05, 0) is 33.6 Å². The Morgan fingerprint density at radius 3 is 2.58 bits per heavy atom. The van der Waals surface area contributed by atoms with Gasteiger partial charge in [-0.1, -0.05) is 0 Å². The van der Waals surface area contributed by atoms with Crippen LogP contribution in [-0.4, -0.2) is 53.0 Å². The molecular weight excluding hydrogens is 250 g/mol. The third-order valence-electron chi connectivity index (χ3n) is 3.53. The van der Waals surface area contributed by atoms with Crippen molar-refractivity contribution in [1.29, 1.82) is 0 Å². The number of nitrogens with zero attached hydrogens (tertiary/aromatic N) is 1. The number of fused-ring (bicyclic) bond motifs is 1. The molecule has 108 valence electrons. The third kappa shape index (κ3) is 3.00. The zero-order chi connectivity index (χ0) is 14.2. The van der Waals surface area contributed by atoms with E-state index < -0.39 is 23.6 Å². The zero-order valence-corrected chi connectivity index (χ0v) is 11.6. The quantitative estimate of drug-likeness (QED) is 0.782. The summed E-state index contributed by atoms with van der Waals surface area (Å²) in [6.45, 7) is 6.36. The molecule has 6 nitrogen and oxygen atoms in total. The van der Waals surface area contributed by atoms with Gasteiger partial charge in [0.05, 0.1) is 18.1 Å². The van der Waals surface area contributed by atoms with Crippen molar-refractivity contribution < 1.29 is 24.2 Å². The minimum absolute atomic E-state index is 0.176. The fourth-order valence-corrected chi connectivity index (χ4v) is 2.74. The molecule has 0 aromatic carbocycles. The second kappa shape index (κ2) is 5.00. The van der Waals surface area contributed by atoms with E-state index in [0.717, 1.165) is 0 Å². The van der Waals surface area contributed by atoms with Crippen LogP contribution in [0.2, 0.25) is 0 Å². The molecule has 2 heterocycles. The minimum Gasteiger partial charge on any atom is -0.481 e. The molecule has 6 heteroatoms. The number of ether oxygens (including phenoxy) is 2. The lowest BCUT2D eigenvalue weighted by atomic mass is 9.88. The van der Waals surface area contributed by atoms with Gasteiger partial charge in [0.1, 0.15) is 5.60 Å². The lowest BCUT2D eigenvalue weighted by Gasteiger charge is -2.40. The lowest BCUT2D eigenvalue weighted by Crippen LogP contribution is -2.55. The van der Waals surface area contributed by atoms with Gasteiger partial charge in [-0.15, -0.1) is 0 Å². The second-order valence-corrected chi connectivity index (χ2v) is 6.10. The fraction of sp³-hybridized carbons (Fsp3) is 0.846. The number of carboxylic acids is 1. The molecule has 3 atom stereocenters. The Balaban J connectivity index is 2.08. The predicted octanol–water partition coefficient (Wildman–Crippen LogP) is 1.49. The highest BCUT2D eigenvalue weighted by Crippen LogP contribution is 2.33. The normalized spacial score (nSPS) is 30.9. The van der Waals surface area contributed by atoms with Gasteiger partial charge in [-0.3, -0.25) is 4.79 Å². The largest absolute Gasteiger partial charge is 0.481 e. The molecule has 1 N–H and O–H groups in total. The first-order valence-electron chi connectivity index (χ1n) is 6.63. The smallest absolute Gasteiger partial charge is 0.410 e. The molecular formula is C13H21NO5. The predicted molar refractivity (Wildman–Crippen MR) is 66.8 cm³/mol. The van der Waals surface area contributed by atoms with Crippen molar-refractivity contribution in [3.63, 3.8) is 0 Å². The maximum absolute atomic E-state index is 12.1. The van der Waals surface area contributed by atoms with Crippen molar-refractivity contribution in [2.45, 2.75) is 51.4 Å². The number of hydrogen-bond acceptors (Lipinski definition) is 4. The molecule has 0 aliphatic carbocycles. The molecule has 2 aliphatic heterocycles. The van der Waals surface area contributed by atoms with Gasteiger partial charge in [0.25, 0.3) is 0 Å². The van der Waals surface area contributed by atoms with Crippen LogP contribution in [0.25, 0.3) is 0 Å². The number of carbonyl (C=O) groups excluding carboxylic acids is 1. The fourth-order valence-electron chi connectivity index (χ4n) is 2.74. The van der Waals surface area contributed by atoms with Crippen LogP contribution < -0.4 is 0 Å². The summed E-state index contributed by atoms with van der Waals surface area (Å²) >= 11 is 0. The summed E-state index contributed by atoms with van der Waals surface area (Å²) in [6, 6.07) is -0.176. The van der Waals surface area contributed by atoms with E-state index in [1.54, 1.807) is 4.90 Å². The Morgan fingerprint density at radius 2 is 2.00 bits per heavy atom. The van der Waals surface area contributed by atoms with E-state index in [9.17, 15) is 14.7 Å². The topological polar surface area (TPSA) is 76.1 Å². The van der Waals surface area contributed by atoms with Crippen LogP contribution in [0.1, 0.15) is 33.6 Å². The molecule has 0 radical (unpaired) electrons. The highest BCUT2D eigenvalue weighted by Gasteiger charge is 2.47. The van der Waals surface area contributed by atoms with Crippen molar-refractivity contribution in [3.8, 4) is 0 Å². The summed E-state index contributed by atoms with van der Waals surface area (Å²) in [5.74, 6) is -1.37. The number of piperidine rings is 1. The number of amides is 1. The minimum atomic E-state index is -0.847. The summed E-state index contributed by atoms with van der Waals surface area (Å²) in [5, 5.41) is 9.18. The van der Waals surface area contributed by atoms with Crippen LogP contribution in [0.15, 0.2) is 0 Å². The van der Waals surface area contributed by atoms with Crippen molar-refractivity contribution >= 4 is 12.1 Å². The molecule has 0 saturated carbocycles. The van der Waals surface area contributed by atoms with E-state index >= 15 is 0 Å². The first-order valence-corrected chi connectivity index (χ1v) is 6.63. The third-order valence-corrected chi connectivity index (χ3v) is 3.53. The SMILES string of the molecule is CC(C)(C)OC(=O)N1CC[C@@H](C(=O)O)[C@H]2OCC[C@H]21. The average molecular weight is 271 g/mol. The number of rotatable bonds is 1. The Labute approximate surface area is 112 Å². The number of hydrogen-bond donors (Lipinski definition) is 1. The first kappa shape index (κ1) is 14.1. The molecule has 0 spiro atoms. The molecule has 1 amide bonds. The van der Waals surface area contributed by atoms with Crippen LogP contribution in [0.5, 0.6) is 0 Å². The molecule has 0 aromatic rings. The van der Waals surface area contributed by atoms with Crippen LogP contribution >= 0.6 is 0 Å². The zero-order valence-electron chi connectivity index (χ0n) is 11.6. The molecule has 0 unspecified atom stereocenters. The van der Waals surface area contributed by atoms with Gasteiger partial charge in [0, 0.05) is 13.2 Å². The van der Waals surface area contributed by atoms with E-state index in [1.165, 1.54) is 0 Å². The van der Waals surface area contributed by atoms with Crippen LogP contribution in [0.4, 0.5) is 4.79 Å². The van der Waals surface area contributed by atoms with E-state index in [-0.39, 0.29) is 12.1 Å². The highest BCUT2D eigenvalue weighted by atomic mass is 16.6. The molecule has 0 bridgehead atoms. The summed E-state index contributed by atoms with van der Waals surface area (Å²) in [6.07, 6.45) is 0.305. The molecule has 19 heavy (non-hydrogen) atoms. The van der Waals surface area contributed by atoms with Crippen LogP contribution in [0.3, 0.4) is 0 Å². The average Bonchev–Trinajstić information content (AvgIpc) is 2.73. The van der Waals surface area contributed by atoms with E-state index in [0.29, 0.717) is 26.0 Å². The van der Waals surface area contributed by atoms with Crippen LogP contribution in [0, 0.1) is 5.92 Å². The number of carbonyl (C=O) groups is 2. The highest BCUT2D eigenvalue weighted by molar-refractivity contribution is 5.73. The van der Waals surface area contributed by atoms with Crippen molar-refractivity contribution in [3.05, 3.63) is 0 Å². The lowest BCUT2D eigenvalue weighted by molar-refractivity contribution is -0.150. The van der Waals surface area contributed by atoms with Gasteiger partial charge in [-0.2, -0.15) is 0 Å². The summed E-state index contributed by atoms with van der Waals surface area (Å²) in [7, 11) is 0. The van der Waals surface area contributed by atoms with Gasteiger partial charge in [-0.25, -0.2) is 4.79 Å². The Hall–Kier alpha value is -1.30.